The molecule has 0 fully saturated rings. The monoisotopic (exact) mass is 386 g/mol. The summed E-state index contributed by atoms with van der Waals surface area (Å²) in [7, 11) is 4.61. The maximum absolute atomic E-state index is 10.2. The average Bonchev–Trinajstić information content (AvgIpc) is 3.07. The van der Waals surface area contributed by atoms with E-state index in [4.69, 9.17) is 26.4 Å². The summed E-state index contributed by atoms with van der Waals surface area (Å²) in [6.07, 6.45) is 1.48. The van der Waals surface area contributed by atoms with E-state index in [0.717, 1.165) is 5.56 Å². The summed E-state index contributed by atoms with van der Waals surface area (Å²) in [4.78, 5) is 0. The summed E-state index contributed by atoms with van der Waals surface area (Å²) in [6.45, 7) is 0. The van der Waals surface area contributed by atoms with E-state index in [9.17, 15) is 5.11 Å². The number of H-pyrrole nitrogens is 1. The molecule has 9 heteroatoms. The first-order valence-corrected chi connectivity index (χ1v) is 8.30. The van der Waals surface area contributed by atoms with Crippen LogP contribution in [0.25, 0.3) is 11.4 Å². The second-order valence-corrected chi connectivity index (χ2v) is 5.76. The SMILES string of the molecule is COc1ccc(-c2n[nH]c(=S)n2N=Cc2cccc(OC)c2O)cc1OC. The highest BCUT2D eigenvalue weighted by atomic mass is 32.1. The molecule has 0 amide bonds. The Bertz CT molecular complexity index is 1040. The third-order valence-electron chi connectivity index (χ3n) is 3.85. The number of nitrogens with zero attached hydrogens (tertiary/aromatic N) is 3. The Kier molecular flexibility index (Phi) is 5.41. The van der Waals surface area contributed by atoms with Gasteiger partial charge in [0.1, 0.15) is 0 Å². The highest BCUT2D eigenvalue weighted by Crippen LogP contribution is 2.32. The van der Waals surface area contributed by atoms with E-state index in [2.05, 4.69) is 15.3 Å². The van der Waals surface area contributed by atoms with Gasteiger partial charge in [0.05, 0.1) is 27.5 Å². The summed E-state index contributed by atoms with van der Waals surface area (Å²) in [6, 6.07) is 10.5. The average molecular weight is 386 g/mol. The van der Waals surface area contributed by atoms with Crippen LogP contribution in [0, 0.1) is 4.77 Å². The molecule has 2 N–H and O–H groups in total. The molecular formula is C18H18N4O4S. The molecule has 3 aromatic rings. The van der Waals surface area contributed by atoms with Gasteiger partial charge < -0.3 is 19.3 Å². The number of nitrogens with one attached hydrogen (secondary N) is 1. The Balaban J connectivity index is 2.02. The van der Waals surface area contributed by atoms with Crippen LogP contribution in [0.2, 0.25) is 0 Å². The molecule has 0 aliphatic carbocycles. The minimum atomic E-state index is -0.00794. The van der Waals surface area contributed by atoms with Gasteiger partial charge in [0.25, 0.3) is 0 Å². The molecule has 0 saturated heterocycles. The highest BCUT2D eigenvalue weighted by Gasteiger charge is 2.12. The molecule has 2 aromatic carbocycles. The molecule has 0 aliphatic rings. The van der Waals surface area contributed by atoms with E-state index >= 15 is 0 Å². The summed E-state index contributed by atoms with van der Waals surface area (Å²) in [5.41, 5.74) is 1.21. The van der Waals surface area contributed by atoms with Crippen LogP contribution < -0.4 is 14.2 Å². The predicted octanol–water partition coefficient (Wildman–Crippen LogP) is 3.22. The van der Waals surface area contributed by atoms with Gasteiger partial charge in [-0.15, -0.1) is 0 Å². The molecule has 0 aliphatic heterocycles. The van der Waals surface area contributed by atoms with Crippen LogP contribution in [-0.4, -0.2) is 47.5 Å². The van der Waals surface area contributed by atoms with Crippen LogP contribution >= 0.6 is 12.2 Å². The second-order valence-electron chi connectivity index (χ2n) is 5.38. The van der Waals surface area contributed by atoms with E-state index in [1.54, 1.807) is 44.6 Å². The van der Waals surface area contributed by atoms with Crippen molar-refractivity contribution in [1.29, 1.82) is 0 Å². The summed E-state index contributed by atoms with van der Waals surface area (Å²) < 4.78 is 17.4. The van der Waals surface area contributed by atoms with E-state index in [1.807, 2.05) is 6.07 Å². The van der Waals surface area contributed by atoms with Crippen LogP contribution in [0.3, 0.4) is 0 Å². The van der Waals surface area contributed by atoms with Crippen LogP contribution in [0.1, 0.15) is 5.56 Å². The number of aromatic nitrogens is 3. The van der Waals surface area contributed by atoms with Crippen molar-refractivity contribution in [2.45, 2.75) is 0 Å². The lowest BCUT2D eigenvalue weighted by Gasteiger charge is -2.09. The zero-order valence-corrected chi connectivity index (χ0v) is 15.8. The van der Waals surface area contributed by atoms with Gasteiger partial charge in [-0.1, -0.05) is 6.07 Å². The van der Waals surface area contributed by atoms with Gasteiger partial charge in [-0.3, -0.25) is 0 Å². The topological polar surface area (TPSA) is 93.9 Å². The fraction of sp³-hybridized carbons (Fsp3) is 0.167. The first kappa shape index (κ1) is 18.5. The van der Waals surface area contributed by atoms with Gasteiger partial charge >= 0.3 is 0 Å². The van der Waals surface area contributed by atoms with E-state index in [0.29, 0.717) is 33.4 Å². The minimum Gasteiger partial charge on any atom is -0.504 e. The molecule has 0 spiro atoms. The van der Waals surface area contributed by atoms with Crippen LogP contribution in [0.15, 0.2) is 41.5 Å². The lowest BCUT2D eigenvalue weighted by Crippen LogP contribution is -1.97. The highest BCUT2D eigenvalue weighted by molar-refractivity contribution is 7.71. The zero-order chi connectivity index (χ0) is 19.4. The van der Waals surface area contributed by atoms with Gasteiger partial charge in [0.15, 0.2) is 28.8 Å². The zero-order valence-electron chi connectivity index (χ0n) is 15.0. The summed E-state index contributed by atoms with van der Waals surface area (Å²) >= 11 is 5.27. The number of phenolic OH excluding ortho intramolecular Hbond substituents is 1. The quantitative estimate of drug-likeness (QED) is 0.499. The number of ether oxygens (including phenoxy) is 3. The summed E-state index contributed by atoms with van der Waals surface area (Å²) in [5, 5.41) is 21.5. The normalized spacial score (nSPS) is 10.9. The molecule has 0 saturated carbocycles. The van der Waals surface area contributed by atoms with Crippen molar-refractivity contribution in [3.63, 3.8) is 0 Å². The van der Waals surface area contributed by atoms with Crippen LogP contribution in [0.4, 0.5) is 0 Å². The Hall–Kier alpha value is -3.33. The van der Waals surface area contributed by atoms with Crippen molar-refractivity contribution in [3.8, 4) is 34.4 Å². The lowest BCUT2D eigenvalue weighted by atomic mass is 10.2. The largest absolute Gasteiger partial charge is 0.504 e. The number of methoxy groups -OCH3 is 3. The predicted molar refractivity (Wildman–Crippen MR) is 104 cm³/mol. The van der Waals surface area contributed by atoms with Gasteiger partial charge in [-0.2, -0.15) is 14.9 Å². The van der Waals surface area contributed by atoms with Gasteiger partial charge in [0, 0.05) is 11.1 Å². The Morgan fingerprint density at radius 1 is 1.07 bits per heavy atom. The van der Waals surface area contributed by atoms with Crippen molar-refractivity contribution >= 4 is 18.4 Å². The van der Waals surface area contributed by atoms with E-state index in [-0.39, 0.29) is 5.75 Å². The van der Waals surface area contributed by atoms with E-state index < -0.39 is 0 Å². The van der Waals surface area contributed by atoms with Crippen molar-refractivity contribution in [2.75, 3.05) is 21.3 Å². The van der Waals surface area contributed by atoms with Crippen LogP contribution in [-0.2, 0) is 0 Å². The van der Waals surface area contributed by atoms with Gasteiger partial charge in [0.2, 0.25) is 4.77 Å². The maximum Gasteiger partial charge on any atom is 0.216 e. The number of phenols is 1. The smallest absolute Gasteiger partial charge is 0.216 e. The molecule has 0 atom stereocenters. The minimum absolute atomic E-state index is 0.00794. The molecule has 1 aromatic heterocycles. The Morgan fingerprint density at radius 2 is 1.81 bits per heavy atom. The van der Waals surface area contributed by atoms with Crippen molar-refractivity contribution in [1.82, 2.24) is 14.9 Å². The van der Waals surface area contributed by atoms with Crippen molar-refractivity contribution in [2.24, 2.45) is 5.10 Å². The molecule has 140 valence electrons. The number of hydrogen-bond acceptors (Lipinski definition) is 7. The third-order valence-corrected chi connectivity index (χ3v) is 4.12. The number of rotatable bonds is 6. The molecular weight excluding hydrogens is 368 g/mol. The first-order valence-electron chi connectivity index (χ1n) is 7.89. The summed E-state index contributed by atoms with van der Waals surface area (Å²) in [5.74, 6) is 2.00. The molecule has 0 unspecified atom stereocenters. The van der Waals surface area contributed by atoms with Crippen molar-refractivity contribution in [3.05, 3.63) is 46.7 Å². The first-order chi connectivity index (χ1) is 13.1. The van der Waals surface area contributed by atoms with Gasteiger partial charge in [-0.05, 0) is 42.5 Å². The lowest BCUT2D eigenvalue weighted by molar-refractivity contribution is 0.355. The number of para-hydroxylation sites is 1. The Morgan fingerprint density at radius 3 is 2.52 bits per heavy atom. The molecule has 1 heterocycles. The molecule has 0 radical (unpaired) electrons. The Labute approximate surface area is 160 Å². The standard InChI is InChI=1S/C18H18N4O4S/c1-24-13-8-7-11(9-15(13)26-3)17-20-21-18(27)22(17)19-10-12-5-4-6-14(25-2)16(12)23/h4-10,23H,1-3H3,(H,21,27). The fourth-order valence-electron chi connectivity index (χ4n) is 2.49. The molecule has 0 bridgehead atoms. The van der Waals surface area contributed by atoms with Crippen molar-refractivity contribution < 1.29 is 19.3 Å². The molecule has 3 rings (SSSR count). The number of hydrogen-bond donors (Lipinski definition) is 2. The second kappa shape index (κ2) is 7.92. The number of benzene rings is 2. The number of aromatic amines is 1. The van der Waals surface area contributed by atoms with Crippen LogP contribution in [0.5, 0.6) is 23.0 Å². The molecule has 27 heavy (non-hydrogen) atoms. The molecule has 8 nitrogen and oxygen atoms in total. The van der Waals surface area contributed by atoms with E-state index in [1.165, 1.54) is 18.0 Å². The number of aromatic hydroxyl groups is 1. The fourth-order valence-corrected chi connectivity index (χ4v) is 2.67. The third kappa shape index (κ3) is 3.63. The van der Waals surface area contributed by atoms with Gasteiger partial charge in [-0.25, -0.2) is 5.10 Å². The maximum atomic E-state index is 10.2.